The molecule has 158 valence electrons. The minimum Gasteiger partial charge on any atom is -0.300 e. The molecule has 0 atom stereocenters. The van der Waals surface area contributed by atoms with Gasteiger partial charge in [0.2, 0.25) is 0 Å². The Bertz CT molecular complexity index is 1230. The topological polar surface area (TPSA) is 74.8 Å². The van der Waals surface area contributed by atoms with Gasteiger partial charge in [0.05, 0.1) is 35.6 Å². The Morgan fingerprint density at radius 1 is 0.562 bits per heavy atom. The zero-order valence-corrected chi connectivity index (χ0v) is 18.0. The second kappa shape index (κ2) is 7.58. The average molecular weight is 465 g/mol. The molecule has 3 aromatic carbocycles. The molecule has 0 radical (unpaired) electrons. The quantitative estimate of drug-likeness (QED) is 0.534. The largest absolute Gasteiger partial charge is 0.300 e. The minimum absolute atomic E-state index is 0.224. The van der Waals surface area contributed by atoms with E-state index in [2.05, 4.69) is 0 Å². The first-order valence-electron chi connectivity index (χ1n) is 9.73. The second-order valence-electron chi connectivity index (χ2n) is 7.58. The lowest BCUT2D eigenvalue weighted by molar-refractivity contribution is -0.115. The summed E-state index contributed by atoms with van der Waals surface area (Å²) in [6, 6.07) is 16.9. The highest BCUT2D eigenvalue weighted by Crippen LogP contribution is 2.34. The predicted molar refractivity (Wildman–Crippen MR) is 120 cm³/mol. The Kier molecular flexibility index (Phi) is 4.84. The first kappa shape index (κ1) is 20.4. The van der Waals surface area contributed by atoms with Crippen LogP contribution in [0.3, 0.4) is 0 Å². The lowest BCUT2D eigenvalue weighted by atomic mass is 10.1. The molecule has 0 aromatic heterocycles. The number of fused-ring (bicyclic) bond motifs is 2. The van der Waals surface area contributed by atoms with E-state index in [1.165, 1.54) is 21.9 Å². The molecule has 0 N–H and O–H groups in total. The molecule has 2 aliphatic rings. The third kappa shape index (κ3) is 3.28. The third-order valence-electron chi connectivity index (χ3n) is 5.57. The van der Waals surface area contributed by atoms with Crippen LogP contribution in [0.15, 0.2) is 60.7 Å². The number of carbonyl (C=O) groups is 4. The Morgan fingerprint density at radius 3 is 1.31 bits per heavy atom. The van der Waals surface area contributed by atoms with Crippen molar-refractivity contribution in [1.29, 1.82) is 0 Å². The minimum atomic E-state index is -0.595. The van der Waals surface area contributed by atoms with Crippen molar-refractivity contribution < 1.29 is 19.2 Å². The molecule has 2 heterocycles. The van der Waals surface area contributed by atoms with Crippen molar-refractivity contribution in [2.75, 3.05) is 9.80 Å². The Hall–Kier alpha value is -3.48. The number of amides is 2. The van der Waals surface area contributed by atoms with Gasteiger partial charge in [-0.05, 0) is 47.5 Å². The van der Waals surface area contributed by atoms with Gasteiger partial charge in [-0.3, -0.25) is 19.2 Å². The summed E-state index contributed by atoms with van der Waals surface area (Å²) in [4.78, 5) is 52.2. The molecule has 0 bridgehead atoms. The van der Waals surface area contributed by atoms with E-state index in [4.69, 9.17) is 23.2 Å². The van der Waals surface area contributed by atoms with Crippen LogP contribution in [0.4, 0.5) is 11.4 Å². The van der Waals surface area contributed by atoms with Gasteiger partial charge >= 0.3 is 0 Å². The van der Waals surface area contributed by atoms with Crippen molar-refractivity contribution in [3.05, 3.63) is 93.0 Å². The van der Waals surface area contributed by atoms with E-state index in [0.29, 0.717) is 32.5 Å². The van der Waals surface area contributed by atoms with Gasteiger partial charge in [0.1, 0.15) is 0 Å². The second-order valence-corrected chi connectivity index (χ2v) is 8.45. The zero-order chi connectivity index (χ0) is 22.6. The van der Waals surface area contributed by atoms with Gasteiger partial charge < -0.3 is 9.80 Å². The maximum absolute atomic E-state index is 12.4. The highest BCUT2D eigenvalue weighted by Gasteiger charge is 2.37. The van der Waals surface area contributed by atoms with Crippen LogP contribution in [-0.4, -0.2) is 23.4 Å². The molecule has 2 amide bonds. The number of ketones is 2. The lowest BCUT2D eigenvalue weighted by Crippen LogP contribution is -2.29. The van der Waals surface area contributed by atoms with E-state index < -0.39 is 23.4 Å². The van der Waals surface area contributed by atoms with Crippen molar-refractivity contribution in [2.24, 2.45) is 0 Å². The summed E-state index contributed by atoms with van der Waals surface area (Å²) in [5.41, 5.74) is 3.29. The lowest BCUT2D eigenvalue weighted by Gasteiger charge is -2.18. The van der Waals surface area contributed by atoms with Gasteiger partial charge in [0, 0.05) is 10.0 Å². The Balaban J connectivity index is 1.35. The maximum Gasteiger partial charge on any atom is 0.299 e. The van der Waals surface area contributed by atoms with Crippen LogP contribution in [0.25, 0.3) is 0 Å². The van der Waals surface area contributed by atoms with Gasteiger partial charge in [-0.2, -0.15) is 0 Å². The fourth-order valence-corrected chi connectivity index (χ4v) is 4.32. The zero-order valence-electron chi connectivity index (χ0n) is 16.5. The number of anilines is 2. The maximum atomic E-state index is 12.4. The SMILES string of the molecule is O=C1C(=O)N(Cc2ccc(CN3C(=O)C(=O)c4cc(Cl)ccc43)cc2)c2ccc(Cl)cc21. The molecule has 8 heteroatoms. The van der Waals surface area contributed by atoms with Gasteiger partial charge in [0.25, 0.3) is 23.4 Å². The van der Waals surface area contributed by atoms with Crippen molar-refractivity contribution in [3.63, 3.8) is 0 Å². The summed E-state index contributed by atoms with van der Waals surface area (Å²) in [6.07, 6.45) is 0. The third-order valence-corrected chi connectivity index (χ3v) is 6.04. The van der Waals surface area contributed by atoms with Crippen molar-refractivity contribution >= 4 is 58.0 Å². The van der Waals surface area contributed by atoms with Crippen molar-refractivity contribution in [2.45, 2.75) is 13.1 Å². The summed E-state index contributed by atoms with van der Waals surface area (Å²) in [6.45, 7) is 0.448. The molecule has 0 spiro atoms. The standard InChI is InChI=1S/C24H14Cl2N2O4/c25-15-5-7-19-17(9-15)21(29)23(31)27(19)11-13-1-2-14(4-3-13)12-28-20-8-6-16(26)10-18(20)22(30)24(28)32/h1-10H,11-12H2. The van der Waals surface area contributed by atoms with Crippen LogP contribution in [-0.2, 0) is 22.7 Å². The van der Waals surface area contributed by atoms with Crippen molar-refractivity contribution in [1.82, 2.24) is 0 Å². The fraction of sp³-hybridized carbons (Fsp3) is 0.0833. The van der Waals surface area contributed by atoms with Crippen LogP contribution in [0.1, 0.15) is 31.8 Å². The Morgan fingerprint density at radius 2 is 0.938 bits per heavy atom. The molecule has 0 fully saturated rings. The van der Waals surface area contributed by atoms with Crippen LogP contribution >= 0.6 is 23.2 Å². The number of nitrogens with zero attached hydrogens (tertiary/aromatic N) is 2. The number of carbonyl (C=O) groups excluding carboxylic acids is 4. The molecule has 3 aromatic rings. The molecule has 0 aliphatic carbocycles. The molecule has 2 aliphatic heterocycles. The van der Waals surface area contributed by atoms with Gasteiger partial charge in [-0.25, -0.2) is 0 Å². The first-order valence-corrected chi connectivity index (χ1v) is 10.5. The highest BCUT2D eigenvalue weighted by atomic mass is 35.5. The molecule has 0 saturated heterocycles. The molecule has 0 saturated carbocycles. The van der Waals surface area contributed by atoms with Crippen LogP contribution < -0.4 is 9.80 Å². The predicted octanol–water partition coefficient (Wildman–Crippen LogP) is 4.45. The molecular formula is C24H14Cl2N2O4. The van der Waals surface area contributed by atoms with E-state index in [0.717, 1.165) is 11.1 Å². The molecule has 0 unspecified atom stereocenters. The van der Waals surface area contributed by atoms with Crippen LogP contribution in [0.2, 0.25) is 10.0 Å². The number of halogens is 2. The Labute approximate surface area is 192 Å². The number of Topliss-reactive ketones (excluding diaryl/α,β-unsaturated/α-hetero) is 2. The first-order chi connectivity index (χ1) is 15.3. The van der Waals surface area contributed by atoms with Crippen LogP contribution in [0.5, 0.6) is 0 Å². The van der Waals surface area contributed by atoms with Crippen LogP contribution in [0, 0.1) is 0 Å². The summed E-state index contributed by atoms with van der Waals surface area (Å²) in [5, 5.41) is 0.796. The number of hydrogen-bond donors (Lipinski definition) is 0. The summed E-state index contributed by atoms with van der Waals surface area (Å²) in [5.74, 6) is -2.34. The number of benzene rings is 3. The van der Waals surface area contributed by atoms with E-state index in [9.17, 15) is 19.2 Å². The summed E-state index contributed by atoms with van der Waals surface area (Å²) < 4.78 is 0. The average Bonchev–Trinajstić information content (AvgIpc) is 3.15. The molecule has 5 rings (SSSR count). The monoisotopic (exact) mass is 464 g/mol. The smallest absolute Gasteiger partial charge is 0.299 e. The van der Waals surface area contributed by atoms with Gasteiger partial charge in [0.15, 0.2) is 0 Å². The fourth-order valence-electron chi connectivity index (χ4n) is 3.97. The summed E-state index contributed by atoms with van der Waals surface area (Å²) in [7, 11) is 0. The number of rotatable bonds is 4. The van der Waals surface area contributed by atoms with E-state index in [1.54, 1.807) is 24.3 Å². The molecular weight excluding hydrogens is 451 g/mol. The van der Waals surface area contributed by atoms with E-state index in [1.807, 2.05) is 24.3 Å². The van der Waals surface area contributed by atoms with Crippen molar-refractivity contribution in [3.8, 4) is 0 Å². The van der Waals surface area contributed by atoms with E-state index in [-0.39, 0.29) is 13.1 Å². The molecule has 32 heavy (non-hydrogen) atoms. The summed E-state index contributed by atoms with van der Waals surface area (Å²) >= 11 is 11.9. The van der Waals surface area contributed by atoms with Gasteiger partial charge in [-0.1, -0.05) is 47.5 Å². The highest BCUT2D eigenvalue weighted by molar-refractivity contribution is 6.53. The molecule has 6 nitrogen and oxygen atoms in total. The van der Waals surface area contributed by atoms with E-state index >= 15 is 0 Å². The normalized spacial score (nSPS) is 14.9. The number of hydrogen-bond acceptors (Lipinski definition) is 4. The van der Waals surface area contributed by atoms with Gasteiger partial charge in [-0.15, -0.1) is 0 Å².